The van der Waals surface area contributed by atoms with Gasteiger partial charge in [0.2, 0.25) is 0 Å². The maximum atomic E-state index is 5.68. The highest BCUT2D eigenvalue weighted by Gasteiger charge is 2.11. The standard InChI is InChI=1S/C15H23N3O/c1-4-18-14-7-6-12(10-16)9-13(14)17-15(18)8-5-11(2)19-3/h6-7,9,11H,4-5,8,10,16H2,1-3H3. The lowest BCUT2D eigenvalue weighted by Crippen LogP contribution is -2.09. The number of benzene rings is 1. The van der Waals surface area contributed by atoms with E-state index in [9.17, 15) is 0 Å². The van der Waals surface area contributed by atoms with Crippen LogP contribution in [-0.2, 0) is 24.2 Å². The number of ether oxygens (including phenoxy) is 1. The van der Waals surface area contributed by atoms with Crippen LogP contribution >= 0.6 is 0 Å². The van der Waals surface area contributed by atoms with Crippen molar-refractivity contribution in [3.8, 4) is 0 Å². The number of hydrogen-bond acceptors (Lipinski definition) is 3. The van der Waals surface area contributed by atoms with Crippen LogP contribution in [-0.4, -0.2) is 22.8 Å². The number of fused-ring (bicyclic) bond motifs is 1. The van der Waals surface area contributed by atoms with Crippen molar-refractivity contribution in [3.63, 3.8) is 0 Å². The molecule has 0 spiro atoms. The molecule has 0 radical (unpaired) electrons. The second kappa shape index (κ2) is 6.17. The smallest absolute Gasteiger partial charge is 0.109 e. The molecule has 1 atom stereocenters. The Morgan fingerprint density at radius 2 is 2.21 bits per heavy atom. The lowest BCUT2D eigenvalue weighted by atomic mass is 10.2. The molecule has 0 amide bonds. The number of hydrogen-bond donors (Lipinski definition) is 1. The highest BCUT2D eigenvalue weighted by atomic mass is 16.5. The number of nitrogens with zero attached hydrogens (tertiary/aromatic N) is 2. The first-order valence-electron chi connectivity index (χ1n) is 6.90. The zero-order chi connectivity index (χ0) is 13.8. The maximum Gasteiger partial charge on any atom is 0.109 e. The summed E-state index contributed by atoms with van der Waals surface area (Å²) in [5.41, 5.74) is 9.05. The number of aryl methyl sites for hydroxylation is 2. The second-order valence-corrected chi connectivity index (χ2v) is 4.88. The number of imidazole rings is 1. The van der Waals surface area contributed by atoms with E-state index >= 15 is 0 Å². The molecule has 0 bridgehead atoms. The average molecular weight is 261 g/mol. The van der Waals surface area contributed by atoms with E-state index in [4.69, 9.17) is 15.5 Å². The first kappa shape index (κ1) is 14.0. The third-order valence-corrected chi connectivity index (χ3v) is 3.62. The van der Waals surface area contributed by atoms with Gasteiger partial charge in [-0.05, 0) is 38.0 Å². The lowest BCUT2D eigenvalue weighted by molar-refractivity contribution is 0.110. The van der Waals surface area contributed by atoms with Crippen molar-refractivity contribution >= 4 is 11.0 Å². The molecule has 4 nitrogen and oxygen atoms in total. The summed E-state index contributed by atoms with van der Waals surface area (Å²) in [6.45, 7) is 5.74. The van der Waals surface area contributed by atoms with Gasteiger partial charge >= 0.3 is 0 Å². The molecule has 1 unspecified atom stereocenters. The molecule has 2 N–H and O–H groups in total. The van der Waals surface area contributed by atoms with Crippen molar-refractivity contribution in [1.29, 1.82) is 0 Å². The van der Waals surface area contributed by atoms with Crippen LogP contribution in [0.15, 0.2) is 18.2 Å². The predicted molar refractivity (Wildman–Crippen MR) is 78.1 cm³/mol. The fourth-order valence-electron chi connectivity index (χ4n) is 2.35. The highest BCUT2D eigenvalue weighted by molar-refractivity contribution is 5.77. The van der Waals surface area contributed by atoms with Gasteiger partial charge in [0.05, 0.1) is 17.1 Å². The van der Waals surface area contributed by atoms with Crippen molar-refractivity contribution in [2.24, 2.45) is 5.73 Å². The van der Waals surface area contributed by atoms with Gasteiger partial charge in [-0.2, -0.15) is 0 Å². The lowest BCUT2D eigenvalue weighted by Gasteiger charge is -2.10. The average Bonchev–Trinajstić information content (AvgIpc) is 2.80. The predicted octanol–water partition coefficient (Wildman–Crippen LogP) is 2.48. The van der Waals surface area contributed by atoms with Crippen molar-refractivity contribution in [3.05, 3.63) is 29.6 Å². The Bertz CT molecular complexity index is 548. The summed E-state index contributed by atoms with van der Waals surface area (Å²) in [6, 6.07) is 6.29. The molecule has 19 heavy (non-hydrogen) atoms. The van der Waals surface area contributed by atoms with E-state index in [2.05, 4.69) is 36.6 Å². The Kier molecular flexibility index (Phi) is 4.56. The van der Waals surface area contributed by atoms with E-state index in [0.29, 0.717) is 6.54 Å². The topological polar surface area (TPSA) is 53.1 Å². The van der Waals surface area contributed by atoms with Gasteiger partial charge in [-0.1, -0.05) is 6.07 Å². The van der Waals surface area contributed by atoms with Gasteiger partial charge in [0.25, 0.3) is 0 Å². The molecule has 1 aromatic heterocycles. The summed E-state index contributed by atoms with van der Waals surface area (Å²) < 4.78 is 7.58. The summed E-state index contributed by atoms with van der Waals surface area (Å²) in [7, 11) is 1.75. The molecule has 0 aliphatic heterocycles. The van der Waals surface area contributed by atoms with Crippen LogP contribution in [0.2, 0.25) is 0 Å². The van der Waals surface area contributed by atoms with E-state index in [1.165, 1.54) is 5.52 Å². The molecule has 4 heteroatoms. The van der Waals surface area contributed by atoms with Gasteiger partial charge in [0.15, 0.2) is 0 Å². The molecule has 2 aromatic rings. The Hall–Kier alpha value is -1.39. The number of aromatic nitrogens is 2. The molecule has 1 heterocycles. The maximum absolute atomic E-state index is 5.68. The van der Waals surface area contributed by atoms with Crippen LogP contribution in [0.5, 0.6) is 0 Å². The normalized spacial score (nSPS) is 13.1. The van der Waals surface area contributed by atoms with Crippen LogP contribution in [0.25, 0.3) is 11.0 Å². The summed E-state index contributed by atoms with van der Waals surface area (Å²) in [6.07, 6.45) is 2.20. The molecular formula is C15H23N3O. The molecular weight excluding hydrogens is 238 g/mol. The van der Waals surface area contributed by atoms with Crippen molar-refractivity contribution in [1.82, 2.24) is 9.55 Å². The minimum Gasteiger partial charge on any atom is -0.382 e. The van der Waals surface area contributed by atoms with Gasteiger partial charge in [0.1, 0.15) is 5.82 Å². The number of methoxy groups -OCH3 is 1. The Morgan fingerprint density at radius 1 is 1.42 bits per heavy atom. The zero-order valence-corrected chi connectivity index (χ0v) is 12.0. The van der Waals surface area contributed by atoms with E-state index in [1.54, 1.807) is 7.11 Å². The molecule has 0 aliphatic carbocycles. The first-order valence-corrected chi connectivity index (χ1v) is 6.90. The van der Waals surface area contributed by atoms with E-state index in [0.717, 1.165) is 36.3 Å². The van der Waals surface area contributed by atoms with Gasteiger partial charge in [-0.15, -0.1) is 0 Å². The number of nitrogens with two attached hydrogens (primary N) is 1. The summed E-state index contributed by atoms with van der Waals surface area (Å²) in [5, 5.41) is 0. The van der Waals surface area contributed by atoms with Gasteiger partial charge in [0, 0.05) is 26.6 Å². The van der Waals surface area contributed by atoms with Crippen LogP contribution in [0.3, 0.4) is 0 Å². The molecule has 0 saturated heterocycles. The van der Waals surface area contributed by atoms with E-state index < -0.39 is 0 Å². The molecule has 0 fully saturated rings. The number of rotatable bonds is 6. The summed E-state index contributed by atoms with van der Waals surface area (Å²) in [5.74, 6) is 1.13. The minimum atomic E-state index is 0.268. The van der Waals surface area contributed by atoms with Crippen LogP contribution < -0.4 is 5.73 Å². The zero-order valence-electron chi connectivity index (χ0n) is 12.0. The molecule has 0 aliphatic rings. The molecule has 104 valence electrons. The van der Waals surface area contributed by atoms with Crippen LogP contribution in [0, 0.1) is 0 Å². The van der Waals surface area contributed by atoms with Crippen molar-refractivity contribution in [2.75, 3.05) is 7.11 Å². The van der Waals surface area contributed by atoms with E-state index in [-0.39, 0.29) is 6.10 Å². The summed E-state index contributed by atoms with van der Waals surface area (Å²) in [4.78, 5) is 4.75. The molecule has 1 aromatic carbocycles. The Labute approximate surface area is 114 Å². The summed E-state index contributed by atoms with van der Waals surface area (Å²) >= 11 is 0. The van der Waals surface area contributed by atoms with Crippen LogP contribution in [0.4, 0.5) is 0 Å². The van der Waals surface area contributed by atoms with Crippen LogP contribution in [0.1, 0.15) is 31.7 Å². The van der Waals surface area contributed by atoms with Gasteiger partial charge < -0.3 is 15.0 Å². The minimum absolute atomic E-state index is 0.268. The van der Waals surface area contributed by atoms with E-state index in [1.807, 2.05) is 0 Å². The SMILES string of the molecule is CCn1c(CCC(C)OC)nc2cc(CN)ccc21. The van der Waals surface area contributed by atoms with Crippen molar-refractivity contribution < 1.29 is 4.74 Å². The quantitative estimate of drug-likeness (QED) is 0.869. The van der Waals surface area contributed by atoms with Crippen molar-refractivity contribution in [2.45, 2.75) is 45.9 Å². The van der Waals surface area contributed by atoms with Gasteiger partial charge in [-0.25, -0.2) is 4.98 Å². The molecule has 2 rings (SSSR count). The third-order valence-electron chi connectivity index (χ3n) is 3.62. The third kappa shape index (κ3) is 2.96. The molecule has 0 saturated carbocycles. The second-order valence-electron chi connectivity index (χ2n) is 4.88. The fraction of sp³-hybridized carbons (Fsp3) is 0.533. The fourth-order valence-corrected chi connectivity index (χ4v) is 2.35. The monoisotopic (exact) mass is 261 g/mol. The Morgan fingerprint density at radius 3 is 2.84 bits per heavy atom. The first-order chi connectivity index (χ1) is 9.19. The largest absolute Gasteiger partial charge is 0.382 e. The highest BCUT2D eigenvalue weighted by Crippen LogP contribution is 2.19. The Balaban J connectivity index is 2.32. The van der Waals surface area contributed by atoms with Gasteiger partial charge in [-0.3, -0.25) is 0 Å².